The summed E-state index contributed by atoms with van der Waals surface area (Å²) < 4.78 is 0. The van der Waals surface area contributed by atoms with Crippen molar-refractivity contribution in [3.05, 3.63) is 0 Å². The van der Waals surface area contributed by atoms with Crippen molar-refractivity contribution in [2.45, 2.75) is 12.8 Å². The molecule has 0 aliphatic heterocycles. The third-order valence-electron chi connectivity index (χ3n) is 2.25. The number of carbonyl (C=O) groups excluding carboxylic acids is 1. The van der Waals surface area contributed by atoms with E-state index < -0.39 is 31.1 Å². The molecular formula is C11H21N3O5. The van der Waals surface area contributed by atoms with Gasteiger partial charge in [0.2, 0.25) is 0 Å². The van der Waals surface area contributed by atoms with Crippen LogP contribution in [-0.4, -0.2) is 78.3 Å². The zero-order chi connectivity index (χ0) is 14.8. The molecule has 0 radical (unpaired) electrons. The van der Waals surface area contributed by atoms with Crippen LogP contribution >= 0.6 is 0 Å². The number of urea groups is 1. The molecule has 0 fully saturated rings. The summed E-state index contributed by atoms with van der Waals surface area (Å²) in [7, 11) is 3.89. The van der Waals surface area contributed by atoms with E-state index >= 15 is 0 Å². The van der Waals surface area contributed by atoms with Crippen LogP contribution in [0, 0.1) is 0 Å². The van der Waals surface area contributed by atoms with Gasteiger partial charge in [-0.1, -0.05) is 0 Å². The lowest BCUT2D eigenvalue weighted by molar-refractivity contribution is -0.140. The minimum atomic E-state index is -1.25. The molecule has 0 aliphatic carbocycles. The average molecular weight is 275 g/mol. The van der Waals surface area contributed by atoms with E-state index in [9.17, 15) is 14.4 Å². The Hall–Kier alpha value is -1.83. The van der Waals surface area contributed by atoms with Gasteiger partial charge in [-0.05, 0) is 33.5 Å². The molecule has 0 aliphatic rings. The predicted molar refractivity (Wildman–Crippen MR) is 68.0 cm³/mol. The van der Waals surface area contributed by atoms with Gasteiger partial charge < -0.3 is 25.3 Å². The number of nitrogens with one attached hydrogen (secondary N) is 1. The van der Waals surface area contributed by atoms with Crippen molar-refractivity contribution in [3.63, 3.8) is 0 Å². The van der Waals surface area contributed by atoms with Gasteiger partial charge in [0.05, 0.1) is 0 Å². The first-order valence-electron chi connectivity index (χ1n) is 5.94. The molecule has 0 heterocycles. The number of unbranched alkanes of at least 4 members (excludes halogenated alkanes) is 1. The van der Waals surface area contributed by atoms with Gasteiger partial charge in [-0.15, -0.1) is 0 Å². The Morgan fingerprint density at radius 1 is 1.00 bits per heavy atom. The van der Waals surface area contributed by atoms with Crippen LogP contribution in [0.3, 0.4) is 0 Å². The van der Waals surface area contributed by atoms with E-state index in [4.69, 9.17) is 10.2 Å². The van der Waals surface area contributed by atoms with Crippen LogP contribution in [0.1, 0.15) is 12.8 Å². The highest BCUT2D eigenvalue weighted by molar-refractivity contribution is 5.84. The summed E-state index contributed by atoms with van der Waals surface area (Å²) >= 11 is 0. The Balaban J connectivity index is 4.03. The number of hydrogen-bond acceptors (Lipinski definition) is 4. The number of hydrogen-bond donors (Lipinski definition) is 3. The second kappa shape index (κ2) is 9.15. The van der Waals surface area contributed by atoms with Crippen LogP contribution in [0.2, 0.25) is 0 Å². The molecule has 0 bridgehead atoms. The highest BCUT2D eigenvalue weighted by Crippen LogP contribution is 1.93. The number of carboxylic acid groups (broad SMARTS) is 2. The smallest absolute Gasteiger partial charge is 0.323 e. The Labute approximate surface area is 112 Å². The molecule has 0 spiro atoms. The van der Waals surface area contributed by atoms with Gasteiger partial charge in [-0.25, -0.2) is 4.79 Å². The maximum Gasteiger partial charge on any atom is 0.323 e. The largest absolute Gasteiger partial charge is 0.480 e. The number of aliphatic carboxylic acids is 2. The van der Waals surface area contributed by atoms with Gasteiger partial charge >= 0.3 is 18.0 Å². The second-order valence-electron chi connectivity index (χ2n) is 4.39. The first-order chi connectivity index (χ1) is 8.82. The highest BCUT2D eigenvalue weighted by Gasteiger charge is 2.18. The van der Waals surface area contributed by atoms with Gasteiger partial charge in [0.25, 0.3) is 0 Å². The lowest BCUT2D eigenvalue weighted by atomic mass is 10.3. The fourth-order valence-corrected chi connectivity index (χ4v) is 1.39. The van der Waals surface area contributed by atoms with E-state index in [0.29, 0.717) is 6.54 Å². The first kappa shape index (κ1) is 17.2. The van der Waals surface area contributed by atoms with E-state index in [0.717, 1.165) is 24.3 Å². The Morgan fingerprint density at radius 2 is 1.53 bits per heavy atom. The lowest BCUT2D eigenvalue weighted by Crippen LogP contribution is -2.45. The maximum atomic E-state index is 11.6. The third-order valence-corrected chi connectivity index (χ3v) is 2.25. The van der Waals surface area contributed by atoms with E-state index in [1.165, 1.54) is 0 Å². The van der Waals surface area contributed by atoms with E-state index in [-0.39, 0.29) is 0 Å². The summed E-state index contributed by atoms with van der Waals surface area (Å²) in [6, 6.07) is -0.672. The minimum Gasteiger partial charge on any atom is -0.480 e. The van der Waals surface area contributed by atoms with Crippen LogP contribution in [0.5, 0.6) is 0 Å². The molecule has 110 valence electrons. The molecule has 0 aromatic heterocycles. The van der Waals surface area contributed by atoms with Gasteiger partial charge in [0, 0.05) is 6.54 Å². The molecule has 8 heteroatoms. The minimum absolute atomic E-state index is 0.391. The quantitative estimate of drug-likeness (QED) is 0.490. The zero-order valence-corrected chi connectivity index (χ0v) is 11.3. The van der Waals surface area contributed by atoms with Crippen LogP contribution in [-0.2, 0) is 9.59 Å². The van der Waals surface area contributed by atoms with Gasteiger partial charge in [-0.3, -0.25) is 9.59 Å². The Kier molecular flexibility index (Phi) is 8.27. The van der Waals surface area contributed by atoms with Crippen LogP contribution < -0.4 is 5.32 Å². The summed E-state index contributed by atoms with van der Waals surface area (Å²) in [5.41, 5.74) is 0. The van der Waals surface area contributed by atoms with Crippen molar-refractivity contribution < 1.29 is 24.6 Å². The summed E-state index contributed by atoms with van der Waals surface area (Å²) in [6.07, 6.45) is 1.64. The van der Waals surface area contributed by atoms with Crippen molar-refractivity contribution >= 4 is 18.0 Å². The SMILES string of the molecule is CN(C)CCCCNC(=O)N(CC(=O)O)CC(=O)O. The molecule has 0 atom stereocenters. The van der Waals surface area contributed by atoms with E-state index in [2.05, 4.69) is 5.32 Å². The normalized spacial score (nSPS) is 10.3. The summed E-state index contributed by atoms with van der Waals surface area (Å²) in [5, 5.41) is 19.7. The van der Waals surface area contributed by atoms with Crippen LogP contribution in [0.4, 0.5) is 4.79 Å². The number of nitrogens with zero attached hydrogens (tertiary/aromatic N) is 2. The summed E-state index contributed by atoms with van der Waals surface area (Å²) in [4.78, 5) is 35.4. The third kappa shape index (κ3) is 9.83. The summed E-state index contributed by atoms with van der Waals surface area (Å²) in [5.74, 6) is -2.49. The Morgan fingerprint density at radius 3 is 1.95 bits per heavy atom. The average Bonchev–Trinajstić information content (AvgIpc) is 2.25. The highest BCUT2D eigenvalue weighted by atomic mass is 16.4. The van der Waals surface area contributed by atoms with E-state index in [1.807, 2.05) is 19.0 Å². The van der Waals surface area contributed by atoms with Gasteiger partial charge in [0.1, 0.15) is 13.1 Å². The number of carboxylic acids is 2. The molecule has 8 nitrogen and oxygen atoms in total. The maximum absolute atomic E-state index is 11.6. The fourth-order valence-electron chi connectivity index (χ4n) is 1.39. The van der Waals surface area contributed by atoms with Crippen LogP contribution in [0.25, 0.3) is 0 Å². The molecule has 2 amide bonds. The van der Waals surface area contributed by atoms with Crippen molar-refractivity contribution in [1.82, 2.24) is 15.1 Å². The van der Waals surface area contributed by atoms with Crippen molar-refractivity contribution in [2.24, 2.45) is 0 Å². The standard InChI is InChI=1S/C11H21N3O5/c1-13(2)6-4-3-5-12-11(19)14(7-9(15)16)8-10(17)18/h3-8H2,1-2H3,(H,12,19)(H,15,16)(H,17,18). The molecule has 0 aromatic carbocycles. The molecule has 3 N–H and O–H groups in total. The second-order valence-corrected chi connectivity index (χ2v) is 4.39. The monoisotopic (exact) mass is 275 g/mol. The van der Waals surface area contributed by atoms with Gasteiger partial charge in [-0.2, -0.15) is 0 Å². The number of carbonyl (C=O) groups is 3. The van der Waals surface area contributed by atoms with Crippen LogP contribution in [0.15, 0.2) is 0 Å². The molecule has 0 saturated heterocycles. The Bertz CT molecular complexity index is 303. The molecular weight excluding hydrogens is 254 g/mol. The van der Waals surface area contributed by atoms with Crippen molar-refractivity contribution in [1.29, 1.82) is 0 Å². The number of amides is 2. The molecule has 0 rings (SSSR count). The van der Waals surface area contributed by atoms with Crippen molar-refractivity contribution in [3.8, 4) is 0 Å². The molecule has 0 aromatic rings. The number of rotatable bonds is 9. The van der Waals surface area contributed by atoms with Gasteiger partial charge in [0.15, 0.2) is 0 Å². The summed E-state index contributed by atoms with van der Waals surface area (Å²) in [6.45, 7) is 0.0257. The lowest BCUT2D eigenvalue weighted by Gasteiger charge is -2.19. The zero-order valence-electron chi connectivity index (χ0n) is 11.3. The van der Waals surface area contributed by atoms with E-state index in [1.54, 1.807) is 0 Å². The fraction of sp³-hybridized carbons (Fsp3) is 0.727. The first-order valence-corrected chi connectivity index (χ1v) is 5.94. The molecule has 19 heavy (non-hydrogen) atoms. The predicted octanol–water partition coefficient (Wildman–Crippen LogP) is -0.491. The topological polar surface area (TPSA) is 110 Å². The molecule has 0 unspecified atom stereocenters. The van der Waals surface area contributed by atoms with Crippen molar-refractivity contribution in [2.75, 3.05) is 40.3 Å². The molecule has 0 saturated carbocycles.